The first-order chi connectivity index (χ1) is 12.5. The van der Waals surface area contributed by atoms with E-state index in [0.717, 1.165) is 36.8 Å². The van der Waals surface area contributed by atoms with Gasteiger partial charge in [0.2, 0.25) is 0 Å². The molecule has 1 aromatic rings. The Morgan fingerprint density at radius 3 is 1.67 bits per heavy atom. The third kappa shape index (κ3) is 10.6. The van der Waals surface area contributed by atoms with E-state index in [9.17, 15) is 10.2 Å². The average molecular weight is 488 g/mol. The molecule has 0 fully saturated rings. The summed E-state index contributed by atoms with van der Waals surface area (Å²) >= 11 is 2.51. The van der Waals surface area contributed by atoms with Crippen molar-refractivity contribution in [1.82, 2.24) is 0 Å². The topological polar surface area (TPSA) is 40.5 Å². The molecular weight excluding hydrogens is 447 g/mol. The summed E-state index contributed by atoms with van der Waals surface area (Å²) in [7, 11) is 0. The lowest BCUT2D eigenvalue weighted by molar-refractivity contribution is 0.308. The van der Waals surface area contributed by atoms with Crippen molar-refractivity contribution in [1.29, 1.82) is 0 Å². The van der Waals surface area contributed by atoms with Crippen LogP contribution in [0.3, 0.4) is 0 Å². The summed E-state index contributed by atoms with van der Waals surface area (Å²) in [5.41, 5.74) is 2.43. The first kappa shape index (κ1) is 24.6. The Hall–Kier alpha value is -0.450. The van der Waals surface area contributed by atoms with Crippen LogP contribution in [0.2, 0.25) is 0 Å². The number of halogens is 1. The number of hydrogen-bond donors (Lipinski definition) is 2. The lowest BCUT2D eigenvalue weighted by Crippen LogP contribution is -2.08. The van der Waals surface area contributed by atoms with Gasteiger partial charge in [0.1, 0.15) is 11.5 Å². The maximum absolute atomic E-state index is 10.2. The second kappa shape index (κ2) is 11.5. The van der Waals surface area contributed by atoms with Crippen molar-refractivity contribution < 1.29 is 10.2 Å². The van der Waals surface area contributed by atoms with Gasteiger partial charge in [0.15, 0.2) is 0 Å². The standard InChI is InChI=1S/C24H41IO2/c1-6-23(2,3)15-11-7-9-13-19-17-20(22(27)18-21(19)26)14-10-8-12-16-24(4,5)25/h17-18,26-27H,6-16H2,1-5H3. The molecule has 0 saturated carbocycles. The monoisotopic (exact) mass is 488 g/mol. The van der Waals surface area contributed by atoms with Crippen molar-refractivity contribution in [2.45, 2.75) is 109 Å². The first-order valence-corrected chi connectivity index (χ1v) is 11.8. The third-order valence-corrected chi connectivity index (χ3v) is 6.29. The largest absolute Gasteiger partial charge is 0.508 e. The number of aromatic hydroxyl groups is 2. The molecule has 1 rings (SSSR count). The fourth-order valence-electron chi connectivity index (χ4n) is 3.38. The van der Waals surface area contributed by atoms with E-state index in [0.29, 0.717) is 8.84 Å². The summed E-state index contributed by atoms with van der Waals surface area (Å²) in [6, 6.07) is 3.57. The smallest absolute Gasteiger partial charge is 0.122 e. The molecule has 0 saturated heterocycles. The number of rotatable bonds is 13. The Kier molecular flexibility index (Phi) is 10.5. The van der Waals surface area contributed by atoms with E-state index < -0.39 is 0 Å². The van der Waals surface area contributed by atoms with E-state index in [1.165, 1.54) is 44.9 Å². The van der Waals surface area contributed by atoms with Gasteiger partial charge in [0.25, 0.3) is 0 Å². The zero-order valence-electron chi connectivity index (χ0n) is 18.2. The van der Waals surface area contributed by atoms with Crippen LogP contribution in [-0.2, 0) is 12.8 Å². The molecule has 0 heterocycles. The van der Waals surface area contributed by atoms with Gasteiger partial charge >= 0.3 is 0 Å². The molecule has 0 aliphatic rings. The minimum atomic E-state index is 0.246. The van der Waals surface area contributed by atoms with Gasteiger partial charge in [0, 0.05) is 9.49 Å². The highest BCUT2D eigenvalue weighted by atomic mass is 127. The van der Waals surface area contributed by atoms with Crippen molar-refractivity contribution in [3.05, 3.63) is 23.3 Å². The van der Waals surface area contributed by atoms with Crippen LogP contribution in [0, 0.1) is 5.41 Å². The second-order valence-electron chi connectivity index (χ2n) is 9.47. The predicted octanol–water partition coefficient (Wildman–Crippen LogP) is 7.95. The molecule has 0 amide bonds. The quantitative estimate of drug-likeness (QED) is 0.168. The number of phenols is 2. The van der Waals surface area contributed by atoms with Crippen molar-refractivity contribution in [2.24, 2.45) is 5.41 Å². The summed E-state index contributed by atoms with van der Waals surface area (Å²) in [4.78, 5) is 0. The van der Waals surface area contributed by atoms with Crippen LogP contribution >= 0.6 is 22.6 Å². The van der Waals surface area contributed by atoms with Gasteiger partial charge < -0.3 is 10.2 Å². The van der Waals surface area contributed by atoms with Gasteiger partial charge in [-0.15, -0.1) is 0 Å². The van der Waals surface area contributed by atoms with Crippen LogP contribution in [0.1, 0.15) is 104 Å². The Labute approximate surface area is 181 Å². The Morgan fingerprint density at radius 1 is 0.741 bits per heavy atom. The van der Waals surface area contributed by atoms with E-state index in [2.05, 4.69) is 57.2 Å². The molecule has 0 unspecified atom stereocenters. The number of phenolic OH excluding ortho intramolecular Hbond substituents is 2. The van der Waals surface area contributed by atoms with Crippen LogP contribution in [0.4, 0.5) is 0 Å². The minimum absolute atomic E-state index is 0.246. The van der Waals surface area contributed by atoms with Crippen molar-refractivity contribution in [3.8, 4) is 11.5 Å². The average Bonchev–Trinajstić information content (AvgIpc) is 2.56. The molecule has 0 spiro atoms. The zero-order valence-corrected chi connectivity index (χ0v) is 20.4. The van der Waals surface area contributed by atoms with Gasteiger partial charge in [-0.25, -0.2) is 0 Å². The SMILES string of the molecule is CCC(C)(C)CCCCCc1cc(CCCCCC(C)(C)I)c(O)cc1O. The van der Waals surface area contributed by atoms with Crippen molar-refractivity contribution in [3.63, 3.8) is 0 Å². The van der Waals surface area contributed by atoms with Gasteiger partial charge in [0.05, 0.1) is 0 Å². The maximum Gasteiger partial charge on any atom is 0.122 e. The fraction of sp³-hybridized carbons (Fsp3) is 0.750. The molecule has 0 aliphatic heterocycles. The van der Waals surface area contributed by atoms with Crippen LogP contribution in [0.25, 0.3) is 0 Å². The summed E-state index contributed by atoms with van der Waals surface area (Å²) in [6.45, 7) is 11.5. The molecule has 2 nitrogen and oxygen atoms in total. The number of unbranched alkanes of at least 4 members (excludes halogenated alkanes) is 4. The highest BCUT2D eigenvalue weighted by Crippen LogP contribution is 2.31. The number of hydrogen-bond acceptors (Lipinski definition) is 2. The Morgan fingerprint density at radius 2 is 1.22 bits per heavy atom. The van der Waals surface area contributed by atoms with Crippen molar-refractivity contribution in [2.75, 3.05) is 0 Å². The van der Waals surface area contributed by atoms with Crippen LogP contribution in [-0.4, -0.2) is 13.6 Å². The number of benzene rings is 1. The first-order valence-electron chi connectivity index (χ1n) is 10.8. The molecular formula is C24H41IO2. The Bertz CT molecular complexity index is 558. The molecule has 0 radical (unpaired) electrons. The summed E-state index contributed by atoms with van der Waals surface area (Å²) < 4.78 is 0.373. The summed E-state index contributed by atoms with van der Waals surface area (Å²) in [6.07, 6.45) is 12.6. The molecule has 0 atom stereocenters. The van der Waals surface area contributed by atoms with Crippen LogP contribution in [0.15, 0.2) is 12.1 Å². The van der Waals surface area contributed by atoms with Crippen LogP contribution < -0.4 is 0 Å². The van der Waals surface area contributed by atoms with Gasteiger partial charge in [-0.05, 0) is 61.1 Å². The Balaban J connectivity index is 2.44. The van der Waals surface area contributed by atoms with Gasteiger partial charge in [-0.2, -0.15) is 0 Å². The lowest BCUT2D eigenvalue weighted by Gasteiger charge is -2.22. The lowest BCUT2D eigenvalue weighted by atomic mass is 9.84. The van der Waals surface area contributed by atoms with E-state index >= 15 is 0 Å². The molecule has 0 bridgehead atoms. The molecule has 27 heavy (non-hydrogen) atoms. The van der Waals surface area contributed by atoms with Crippen molar-refractivity contribution >= 4 is 22.6 Å². The van der Waals surface area contributed by atoms with E-state index in [4.69, 9.17) is 0 Å². The minimum Gasteiger partial charge on any atom is -0.508 e. The highest BCUT2D eigenvalue weighted by Gasteiger charge is 2.14. The molecule has 2 N–H and O–H groups in total. The van der Waals surface area contributed by atoms with E-state index in [1.54, 1.807) is 6.07 Å². The highest BCUT2D eigenvalue weighted by molar-refractivity contribution is 14.1. The summed E-state index contributed by atoms with van der Waals surface area (Å²) in [5.74, 6) is 0.493. The zero-order chi connectivity index (χ0) is 20.5. The predicted molar refractivity (Wildman–Crippen MR) is 126 cm³/mol. The molecule has 156 valence electrons. The maximum atomic E-state index is 10.2. The fourth-order valence-corrected chi connectivity index (χ4v) is 3.77. The number of aryl methyl sites for hydroxylation is 2. The second-order valence-corrected chi connectivity index (χ2v) is 12.4. The van der Waals surface area contributed by atoms with Gasteiger partial charge in [-0.3, -0.25) is 0 Å². The third-order valence-electron chi connectivity index (χ3n) is 5.75. The molecule has 0 aromatic heterocycles. The molecule has 3 heteroatoms. The normalized spacial score (nSPS) is 12.5. The summed E-state index contributed by atoms with van der Waals surface area (Å²) in [5, 5.41) is 20.3. The number of alkyl halides is 1. The van der Waals surface area contributed by atoms with Gasteiger partial charge in [-0.1, -0.05) is 89.3 Å². The molecule has 0 aliphatic carbocycles. The van der Waals surface area contributed by atoms with Crippen LogP contribution in [0.5, 0.6) is 11.5 Å². The van der Waals surface area contributed by atoms with E-state index in [-0.39, 0.29) is 11.5 Å². The molecule has 1 aromatic carbocycles. The van der Waals surface area contributed by atoms with E-state index in [1.807, 2.05) is 6.07 Å².